The summed E-state index contributed by atoms with van der Waals surface area (Å²) in [5.41, 5.74) is -0.607. The van der Waals surface area contributed by atoms with E-state index >= 15 is 0 Å². The third kappa shape index (κ3) is 4.55. The predicted octanol–water partition coefficient (Wildman–Crippen LogP) is 4.62. The Balaban J connectivity index is 5.52. The molecule has 0 saturated carbocycles. The van der Waals surface area contributed by atoms with Gasteiger partial charge in [0.2, 0.25) is 7.44 Å². The Morgan fingerprint density at radius 3 is 1.47 bits per heavy atom. The molecule has 104 valence electrons. The van der Waals surface area contributed by atoms with Gasteiger partial charge in [0, 0.05) is 16.2 Å². The Bertz CT molecular complexity index is 310. The van der Waals surface area contributed by atoms with E-state index in [2.05, 4.69) is 5.09 Å². The highest BCUT2D eigenvalue weighted by atomic mass is 35.5. The maximum atomic E-state index is 13.3. The fourth-order valence-electron chi connectivity index (χ4n) is 1.35. The third-order valence-electron chi connectivity index (χ3n) is 2.20. The summed E-state index contributed by atoms with van der Waals surface area (Å²) in [4.78, 5) is 0. The van der Waals surface area contributed by atoms with Crippen molar-refractivity contribution in [3.63, 3.8) is 0 Å². The number of halogens is 1. The summed E-state index contributed by atoms with van der Waals surface area (Å²) >= 11 is 6.36. The summed E-state index contributed by atoms with van der Waals surface area (Å²) in [5, 5.41) is 2.81. The van der Waals surface area contributed by atoms with Crippen molar-refractivity contribution in [2.75, 3.05) is 0 Å². The minimum Gasteiger partial charge on any atom is -0.287 e. The van der Waals surface area contributed by atoms with E-state index in [-0.39, 0.29) is 11.1 Å². The lowest BCUT2D eigenvalue weighted by molar-refractivity contribution is 0.337. The van der Waals surface area contributed by atoms with Gasteiger partial charge in [0.05, 0.1) is 0 Å². The Kier molecular flexibility index (Phi) is 4.97. The highest BCUT2D eigenvalue weighted by Crippen LogP contribution is 2.61. The molecule has 0 amide bonds. The minimum atomic E-state index is -2.89. The summed E-state index contributed by atoms with van der Waals surface area (Å²) in [6.07, 6.45) is 0. The average Bonchev–Trinajstić information content (AvgIpc) is 1.95. The van der Waals surface area contributed by atoms with Crippen LogP contribution in [0.3, 0.4) is 0 Å². The molecule has 0 rings (SSSR count). The van der Waals surface area contributed by atoms with E-state index in [1.165, 1.54) is 4.19 Å². The largest absolute Gasteiger partial charge is 0.287 e. The first kappa shape index (κ1) is 17.4. The molecule has 1 unspecified atom stereocenters. The minimum absolute atomic E-state index is 0.249. The van der Waals surface area contributed by atoms with Crippen LogP contribution in [0, 0.1) is 0 Å². The number of rotatable bonds is 2. The summed E-state index contributed by atoms with van der Waals surface area (Å²) in [5.74, 6) is 0. The van der Waals surface area contributed by atoms with E-state index in [0.29, 0.717) is 0 Å². The summed E-state index contributed by atoms with van der Waals surface area (Å²) in [6.45, 7) is 17.7. The molecule has 0 aliphatic carbocycles. The lowest BCUT2D eigenvalue weighted by Gasteiger charge is -2.45. The van der Waals surface area contributed by atoms with Crippen molar-refractivity contribution < 1.29 is 4.57 Å². The van der Waals surface area contributed by atoms with E-state index in [1.54, 1.807) is 0 Å². The molecule has 1 N–H and O–H groups in total. The summed E-state index contributed by atoms with van der Waals surface area (Å²) in [7, 11) is -2.89. The van der Waals surface area contributed by atoms with Gasteiger partial charge in [0.25, 0.3) is 0 Å². The first-order valence-corrected chi connectivity index (χ1v) is 7.97. The zero-order chi connectivity index (χ0) is 14.3. The molecule has 0 aliphatic heterocycles. The molecule has 0 saturated heterocycles. The van der Waals surface area contributed by atoms with Gasteiger partial charge in [-0.2, -0.15) is 0 Å². The molecule has 0 bridgehead atoms. The molecule has 0 aliphatic rings. The highest BCUT2D eigenvalue weighted by Gasteiger charge is 2.47. The quantitative estimate of drug-likeness (QED) is 0.592. The topological polar surface area (TPSA) is 32.3 Å². The number of nitrogens with one attached hydrogen (secondary N) is 1. The predicted molar refractivity (Wildman–Crippen MR) is 77.7 cm³/mol. The van der Waals surface area contributed by atoms with Crippen molar-refractivity contribution in [1.82, 2.24) is 9.28 Å². The molecule has 0 radical (unpaired) electrons. The number of hydrogen-bond acceptors (Lipinski definition) is 1. The molecule has 0 aromatic carbocycles. The fourth-order valence-corrected chi connectivity index (χ4v) is 4.85. The maximum Gasteiger partial charge on any atom is 0.233 e. The van der Waals surface area contributed by atoms with E-state index in [0.717, 1.165) is 0 Å². The Morgan fingerprint density at radius 1 is 0.941 bits per heavy atom. The van der Waals surface area contributed by atoms with Crippen LogP contribution >= 0.6 is 19.2 Å². The van der Waals surface area contributed by atoms with Crippen molar-refractivity contribution in [2.24, 2.45) is 0 Å². The van der Waals surface area contributed by atoms with Gasteiger partial charge >= 0.3 is 0 Å². The standard InChI is InChI=1S/C12H28ClN2OP/c1-10(2,3)14-17(16,12(7,8)9)15(13)11(4,5)6/h1-9H3,(H,14,16). The van der Waals surface area contributed by atoms with Crippen LogP contribution in [0.25, 0.3) is 0 Å². The Hall–Kier alpha value is 0.440. The molecular weight excluding hydrogens is 255 g/mol. The molecule has 0 heterocycles. The van der Waals surface area contributed by atoms with Gasteiger partial charge in [-0.3, -0.25) is 4.57 Å². The van der Waals surface area contributed by atoms with E-state index in [4.69, 9.17) is 11.8 Å². The van der Waals surface area contributed by atoms with Crippen LogP contribution in [0.15, 0.2) is 0 Å². The zero-order valence-electron chi connectivity index (χ0n) is 12.7. The van der Waals surface area contributed by atoms with Crippen molar-refractivity contribution >= 4 is 19.2 Å². The smallest absolute Gasteiger partial charge is 0.233 e. The van der Waals surface area contributed by atoms with Gasteiger partial charge in [0.1, 0.15) is 0 Å². The second-order valence-electron chi connectivity index (χ2n) is 7.54. The van der Waals surface area contributed by atoms with Gasteiger partial charge in [-0.1, -0.05) is 20.8 Å². The summed E-state index contributed by atoms with van der Waals surface area (Å²) < 4.78 is 14.8. The van der Waals surface area contributed by atoms with E-state index in [9.17, 15) is 4.57 Å². The first-order chi connectivity index (χ1) is 7.11. The molecular formula is C12H28ClN2OP. The maximum absolute atomic E-state index is 13.3. The van der Waals surface area contributed by atoms with Crippen LogP contribution in [0.2, 0.25) is 0 Å². The van der Waals surface area contributed by atoms with Crippen molar-refractivity contribution in [3.05, 3.63) is 0 Å². The Morgan fingerprint density at radius 2 is 1.29 bits per heavy atom. The van der Waals surface area contributed by atoms with Gasteiger partial charge in [0.15, 0.2) is 0 Å². The van der Waals surface area contributed by atoms with Gasteiger partial charge in [-0.25, -0.2) is 5.09 Å². The molecule has 0 fully saturated rings. The monoisotopic (exact) mass is 282 g/mol. The highest BCUT2D eigenvalue weighted by molar-refractivity contribution is 7.62. The van der Waals surface area contributed by atoms with E-state index < -0.39 is 12.6 Å². The lowest BCUT2D eigenvalue weighted by Crippen LogP contribution is -2.47. The van der Waals surface area contributed by atoms with Crippen LogP contribution in [-0.4, -0.2) is 20.4 Å². The Labute approximate surface area is 112 Å². The van der Waals surface area contributed by atoms with Crippen molar-refractivity contribution in [3.8, 4) is 0 Å². The normalized spacial score (nSPS) is 18.3. The van der Waals surface area contributed by atoms with Crippen LogP contribution in [0.1, 0.15) is 62.3 Å². The van der Waals surface area contributed by atoms with Crippen LogP contribution in [0.5, 0.6) is 0 Å². The zero-order valence-corrected chi connectivity index (χ0v) is 14.3. The summed E-state index contributed by atoms with van der Waals surface area (Å²) in [6, 6.07) is 0. The SMILES string of the molecule is CC(C)(C)NP(=O)(N(Cl)C(C)(C)C)C(C)(C)C. The molecule has 17 heavy (non-hydrogen) atoms. The van der Waals surface area contributed by atoms with Gasteiger partial charge in [-0.05, 0) is 53.3 Å². The number of hydrogen-bond donors (Lipinski definition) is 1. The second kappa shape index (κ2) is 4.85. The molecule has 0 spiro atoms. The molecule has 5 heteroatoms. The lowest BCUT2D eigenvalue weighted by atomic mass is 10.1. The fraction of sp³-hybridized carbons (Fsp3) is 1.00. The van der Waals surface area contributed by atoms with Crippen LogP contribution < -0.4 is 5.09 Å². The van der Waals surface area contributed by atoms with Crippen molar-refractivity contribution in [2.45, 2.75) is 78.5 Å². The molecule has 0 aromatic heterocycles. The molecule has 0 aromatic rings. The van der Waals surface area contributed by atoms with Crippen LogP contribution in [-0.2, 0) is 4.57 Å². The second-order valence-corrected chi connectivity index (χ2v) is 11.2. The van der Waals surface area contributed by atoms with Gasteiger partial charge in [-0.15, -0.1) is 4.19 Å². The average molecular weight is 283 g/mol. The molecule has 3 nitrogen and oxygen atoms in total. The number of nitrogens with zero attached hydrogens (tertiary/aromatic N) is 1. The van der Waals surface area contributed by atoms with Crippen LogP contribution in [0.4, 0.5) is 0 Å². The molecule has 1 atom stereocenters. The van der Waals surface area contributed by atoms with E-state index in [1.807, 2.05) is 62.3 Å². The first-order valence-electron chi connectivity index (χ1n) is 5.97. The van der Waals surface area contributed by atoms with Crippen molar-refractivity contribution in [1.29, 1.82) is 0 Å². The third-order valence-corrected chi connectivity index (χ3v) is 7.23. The van der Waals surface area contributed by atoms with Gasteiger partial charge < -0.3 is 0 Å².